The molecule has 0 N–H and O–H groups in total. The predicted molar refractivity (Wildman–Crippen MR) is 73.4 cm³/mol. The van der Waals surface area contributed by atoms with Crippen LogP contribution in [0.1, 0.15) is 32.8 Å². The first-order chi connectivity index (χ1) is 10.7. The van der Waals surface area contributed by atoms with Gasteiger partial charge in [-0.2, -0.15) is 0 Å². The van der Waals surface area contributed by atoms with E-state index in [2.05, 4.69) is 9.97 Å². The average molecular weight is 297 g/mol. The molecule has 0 saturated carbocycles. The summed E-state index contributed by atoms with van der Waals surface area (Å²) in [4.78, 5) is 48.5. The Hall–Kier alpha value is -3.09. The quantitative estimate of drug-likeness (QED) is 0.787. The molecule has 1 aromatic carbocycles. The topological polar surface area (TPSA) is 89.5 Å². The van der Waals surface area contributed by atoms with E-state index in [0.717, 1.165) is 0 Å². The third-order valence-electron chi connectivity index (χ3n) is 3.18. The minimum Gasteiger partial charge on any atom is -0.330 e. The van der Waals surface area contributed by atoms with Crippen molar-refractivity contribution >= 4 is 17.8 Å². The Morgan fingerprint density at radius 1 is 1.09 bits per heavy atom. The van der Waals surface area contributed by atoms with Crippen molar-refractivity contribution in [2.45, 2.75) is 12.8 Å². The van der Waals surface area contributed by atoms with Crippen LogP contribution in [0.15, 0.2) is 42.9 Å². The van der Waals surface area contributed by atoms with Crippen molar-refractivity contribution in [2.75, 3.05) is 0 Å². The summed E-state index contributed by atoms with van der Waals surface area (Å²) >= 11 is 0. The maximum atomic E-state index is 12.0. The Morgan fingerprint density at radius 2 is 1.77 bits per heavy atom. The van der Waals surface area contributed by atoms with Crippen LogP contribution in [0.25, 0.3) is 0 Å². The maximum absolute atomic E-state index is 12.0. The van der Waals surface area contributed by atoms with E-state index in [1.165, 1.54) is 18.5 Å². The molecule has 1 aliphatic rings. The van der Waals surface area contributed by atoms with Crippen LogP contribution < -0.4 is 0 Å². The molecular weight excluding hydrogens is 286 g/mol. The van der Waals surface area contributed by atoms with Gasteiger partial charge in [-0.05, 0) is 18.2 Å². The van der Waals surface area contributed by atoms with E-state index in [4.69, 9.17) is 4.84 Å². The standard InChI is InChI=1S/C15H11N3O4/c19-13(6-5-10-7-8-16-9-17-10)22-18-14(20)11-3-1-2-4-12(11)15(18)21/h1-4,7-9H,5-6H2. The molecule has 1 aromatic heterocycles. The third kappa shape index (κ3) is 2.56. The average Bonchev–Trinajstić information content (AvgIpc) is 2.79. The first-order valence-corrected chi connectivity index (χ1v) is 6.60. The monoisotopic (exact) mass is 297 g/mol. The Labute approximate surface area is 125 Å². The van der Waals surface area contributed by atoms with Crippen molar-refractivity contribution in [1.82, 2.24) is 15.0 Å². The van der Waals surface area contributed by atoms with Gasteiger partial charge in [0.2, 0.25) is 0 Å². The number of carbonyl (C=O) groups excluding carboxylic acids is 3. The lowest BCUT2D eigenvalue weighted by atomic mass is 10.1. The number of hydrogen-bond acceptors (Lipinski definition) is 6. The molecule has 2 amide bonds. The zero-order valence-corrected chi connectivity index (χ0v) is 11.4. The normalized spacial score (nSPS) is 13.2. The number of fused-ring (bicyclic) bond motifs is 1. The van der Waals surface area contributed by atoms with E-state index in [9.17, 15) is 14.4 Å². The summed E-state index contributed by atoms with van der Waals surface area (Å²) in [5.74, 6) is -1.93. The van der Waals surface area contributed by atoms with Gasteiger partial charge in [0.1, 0.15) is 6.33 Å². The molecular formula is C15H11N3O4. The summed E-state index contributed by atoms with van der Waals surface area (Å²) in [7, 11) is 0. The fraction of sp³-hybridized carbons (Fsp3) is 0.133. The fourth-order valence-electron chi connectivity index (χ4n) is 2.09. The van der Waals surface area contributed by atoms with Gasteiger partial charge in [0, 0.05) is 18.3 Å². The molecule has 0 fully saturated rings. The highest BCUT2D eigenvalue weighted by Gasteiger charge is 2.38. The first-order valence-electron chi connectivity index (χ1n) is 6.60. The summed E-state index contributed by atoms with van der Waals surface area (Å²) in [6, 6.07) is 8.00. The molecule has 3 rings (SSSR count). The molecule has 7 nitrogen and oxygen atoms in total. The summed E-state index contributed by atoms with van der Waals surface area (Å²) in [5, 5.41) is 0.507. The molecule has 110 valence electrons. The van der Waals surface area contributed by atoms with Crippen LogP contribution >= 0.6 is 0 Å². The van der Waals surface area contributed by atoms with Crippen LogP contribution in [0.3, 0.4) is 0 Å². The lowest BCUT2D eigenvalue weighted by Crippen LogP contribution is -2.32. The van der Waals surface area contributed by atoms with Crippen molar-refractivity contribution in [3.63, 3.8) is 0 Å². The molecule has 0 spiro atoms. The van der Waals surface area contributed by atoms with Gasteiger partial charge in [0.05, 0.1) is 17.5 Å². The van der Waals surface area contributed by atoms with Gasteiger partial charge in [-0.1, -0.05) is 17.2 Å². The number of benzene rings is 1. The zero-order valence-electron chi connectivity index (χ0n) is 11.4. The Bertz CT molecular complexity index is 710. The van der Waals surface area contributed by atoms with Gasteiger partial charge in [-0.25, -0.2) is 14.8 Å². The molecule has 0 bridgehead atoms. The lowest BCUT2D eigenvalue weighted by molar-refractivity contribution is -0.168. The molecule has 7 heteroatoms. The van der Waals surface area contributed by atoms with Crippen molar-refractivity contribution < 1.29 is 19.2 Å². The summed E-state index contributed by atoms with van der Waals surface area (Å²) < 4.78 is 0. The van der Waals surface area contributed by atoms with Crippen LogP contribution in [0, 0.1) is 0 Å². The molecule has 2 heterocycles. The minimum absolute atomic E-state index is 0.00438. The van der Waals surface area contributed by atoms with Crippen molar-refractivity contribution in [3.8, 4) is 0 Å². The second-order valence-electron chi connectivity index (χ2n) is 4.61. The largest absolute Gasteiger partial charge is 0.333 e. The Balaban J connectivity index is 1.63. The molecule has 22 heavy (non-hydrogen) atoms. The molecule has 0 saturated heterocycles. The van der Waals surface area contributed by atoms with E-state index < -0.39 is 17.8 Å². The molecule has 0 radical (unpaired) electrons. The number of imide groups is 1. The smallest absolute Gasteiger partial charge is 0.330 e. The molecule has 2 aromatic rings. The summed E-state index contributed by atoms with van der Waals surface area (Å²) in [6.45, 7) is 0. The van der Waals surface area contributed by atoms with Crippen LogP contribution in [0.2, 0.25) is 0 Å². The van der Waals surface area contributed by atoms with Gasteiger partial charge in [0.15, 0.2) is 0 Å². The van der Waals surface area contributed by atoms with E-state index in [-0.39, 0.29) is 17.5 Å². The number of amides is 2. The molecule has 1 aliphatic heterocycles. The number of rotatable bonds is 4. The maximum Gasteiger partial charge on any atom is 0.333 e. The number of aromatic nitrogens is 2. The molecule has 0 atom stereocenters. The summed E-state index contributed by atoms with van der Waals surface area (Å²) in [6.07, 6.45) is 3.29. The molecule has 0 unspecified atom stereocenters. The SMILES string of the molecule is O=C(CCc1ccncn1)ON1C(=O)c2ccccc2C1=O. The number of hydrogen-bond donors (Lipinski definition) is 0. The highest BCUT2D eigenvalue weighted by Crippen LogP contribution is 2.22. The minimum atomic E-state index is -0.673. The van der Waals surface area contributed by atoms with Crippen LogP contribution in [-0.4, -0.2) is 32.8 Å². The highest BCUT2D eigenvalue weighted by molar-refractivity contribution is 6.20. The third-order valence-corrected chi connectivity index (χ3v) is 3.18. The number of carbonyl (C=O) groups is 3. The first kappa shape index (κ1) is 13.9. The number of nitrogens with zero attached hydrogens (tertiary/aromatic N) is 3. The fourth-order valence-corrected chi connectivity index (χ4v) is 2.09. The van der Waals surface area contributed by atoms with Crippen molar-refractivity contribution in [3.05, 3.63) is 59.7 Å². The molecule has 0 aliphatic carbocycles. The predicted octanol–water partition coefficient (Wildman–Crippen LogP) is 1.16. The Kier molecular flexibility index (Phi) is 3.61. The van der Waals surface area contributed by atoms with E-state index in [1.807, 2.05) is 0 Å². The van der Waals surface area contributed by atoms with Crippen molar-refractivity contribution in [2.24, 2.45) is 0 Å². The van der Waals surface area contributed by atoms with Crippen molar-refractivity contribution in [1.29, 1.82) is 0 Å². The van der Waals surface area contributed by atoms with Gasteiger partial charge >= 0.3 is 5.97 Å². The van der Waals surface area contributed by atoms with E-state index >= 15 is 0 Å². The van der Waals surface area contributed by atoms with Gasteiger partial charge in [-0.3, -0.25) is 9.59 Å². The van der Waals surface area contributed by atoms with Crippen LogP contribution in [0.5, 0.6) is 0 Å². The van der Waals surface area contributed by atoms with Gasteiger partial charge < -0.3 is 4.84 Å². The van der Waals surface area contributed by atoms with Gasteiger partial charge in [0.25, 0.3) is 11.8 Å². The van der Waals surface area contributed by atoms with E-state index in [1.54, 1.807) is 24.4 Å². The van der Waals surface area contributed by atoms with Crippen LogP contribution in [0.4, 0.5) is 0 Å². The van der Waals surface area contributed by atoms with Gasteiger partial charge in [-0.15, -0.1) is 0 Å². The van der Waals surface area contributed by atoms with Crippen LogP contribution in [-0.2, 0) is 16.1 Å². The summed E-state index contributed by atoms with van der Waals surface area (Å²) in [5.41, 5.74) is 1.14. The number of hydroxylamine groups is 2. The second kappa shape index (κ2) is 5.72. The number of aryl methyl sites for hydroxylation is 1. The second-order valence-corrected chi connectivity index (χ2v) is 4.61. The lowest BCUT2D eigenvalue weighted by Gasteiger charge is -2.12. The highest BCUT2D eigenvalue weighted by atomic mass is 16.7. The van der Waals surface area contributed by atoms with E-state index in [0.29, 0.717) is 17.2 Å². The zero-order chi connectivity index (χ0) is 15.5. The Morgan fingerprint density at radius 3 is 2.36 bits per heavy atom.